The number of halogens is 3. The van der Waals surface area contributed by atoms with E-state index in [1.54, 1.807) is 4.90 Å². The second-order valence-electron chi connectivity index (χ2n) is 7.45. The molecule has 0 bridgehead atoms. The summed E-state index contributed by atoms with van der Waals surface area (Å²) in [5, 5.41) is 3.00. The molecule has 7 nitrogen and oxygen atoms in total. The van der Waals surface area contributed by atoms with Gasteiger partial charge in [-0.15, -0.1) is 0 Å². The smallest absolute Gasteiger partial charge is 0.370 e. The summed E-state index contributed by atoms with van der Waals surface area (Å²) in [6.45, 7) is 4.17. The maximum absolute atomic E-state index is 13.2. The summed E-state index contributed by atoms with van der Waals surface area (Å²) < 4.78 is 39.6. The zero-order chi connectivity index (χ0) is 20.1. The van der Waals surface area contributed by atoms with Gasteiger partial charge in [0.05, 0.1) is 5.92 Å². The number of piperidine rings is 1. The van der Waals surface area contributed by atoms with Gasteiger partial charge in [0.2, 0.25) is 11.9 Å². The molecule has 2 aliphatic rings. The standard InChI is InChI=1S/C18H27F3N6O/c19-18(20,21)14-11-15(25-17(24-14)27-9-1-2-10-27)23-6-4-8-26-7-3-5-13(12-26)16(22)28/h11,13H,1-10,12H2,(H2,22,28)(H,23,24,25)/t13-/m0/s1. The SMILES string of the molecule is NC(=O)[C@H]1CCCN(CCCNc2cc(C(F)(F)F)nc(N3CCCC3)n2)C1. The second-order valence-corrected chi connectivity index (χ2v) is 7.45. The van der Waals surface area contributed by atoms with E-state index in [0.29, 0.717) is 26.2 Å². The number of carbonyl (C=O) groups is 1. The minimum Gasteiger partial charge on any atom is -0.370 e. The van der Waals surface area contributed by atoms with E-state index in [2.05, 4.69) is 20.2 Å². The molecule has 0 aromatic carbocycles. The molecular weight excluding hydrogens is 373 g/mol. The Morgan fingerprint density at radius 3 is 2.64 bits per heavy atom. The van der Waals surface area contributed by atoms with E-state index in [-0.39, 0.29) is 23.6 Å². The van der Waals surface area contributed by atoms with Crippen molar-refractivity contribution in [1.29, 1.82) is 0 Å². The molecule has 0 aliphatic carbocycles. The summed E-state index contributed by atoms with van der Waals surface area (Å²) in [5.41, 5.74) is 4.46. The Kier molecular flexibility index (Phi) is 6.58. The molecule has 3 rings (SSSR count). The molecule has 0 unspecified atom stereocenters. The summed E-state index contributed by atoms with van der Waals surface area (Å²) in [6, 6.07) is 0.962. The summed E-state index contributed by atoms with van der Waals surface area (Å²) in [4.78, 5) is 23.3. The van der Waals surface area contributed by atoms with Gasteiger partial charge in [0.1, 0.15) is 5.82 Å². The topological polar surface area (TPSA) is 87.4 Å². The molecule has 2 fully saturated rings. The first-order valence-electron chi connectivity index (χ1n) is 9.79. The van der Waals surface area contributed by atoms with Gasteiger partial charge in [-0.25, -0.2) is 4.98 Å². The van der Waals surface area contributed by atoms with Gasteiger partial charge in [-0.1, -0.05) is 0 Å². The first-order valence-corrected chi connectivity index (χ1v) is 9.79. The monoisotopic (exact) mass is 400 g/mol. The molecule has 156 valence electrons. The van der Waals surface area contributed by atoms with Crippen LogP contribution in [0, 0.1) is 5.92 Å². The largest absolute Gasteiger partial charge is 0.433 e. The Labute approximate surface area is 162 Å². The van der Waals surface area contributed by atoms with Crippen LogP contribution in [0.25, 0.3) is 0 Å². The molecule has 1 aromatic rings. The lowest BCUT2D eigenvalue weighted by molar-refractivity contribution is -0.141. The van der Waals surface area contributed by atoms with Crippen molar-refractivity contribution in [3.63, 3.8) is 0 Å². The first kappa shape index (κ1) is 20.6. The van der Waals surface area contributed by atoms with Gasteiger partial charge in [0.15, 0.2) is 5.69 Å². The zero-order valence-electron chi connectivity index (χ0n) is 15.8. The highest BCUT2D eigenvalue weighted by Crippen LogP contribution is 2.31. The molecule has 1 atom stereocenters. The maximum Gasteiger partial charge on any atom is 0.433 e. The van der Waals surface area contributed by atoms with Crippen LogP contribution in [-0.4, -0.2) is 60.0 Å². The van der Waals surface area contributed by atoms with Gasteiger partial charge in [-0.2, -0.15) is 18.2 Å². The number of amides is 1. The molecule has 28 heavy (non-hydrogen) atoms. The minimum atomic E-state index is -4.51. The number of hydrogen-bond acceptors (Lipinski definition) is 6. The fourth-order valence-electron chi connectivity index (χ4n) is 3.74. The Morgan fingerprint density at radius 1 is 1.21 bits per heavy atom. The number of carbonyl (C=O) groups excluding carboxylic acids is 1. The molecular formula is C18H27F3N6O. The Hall–Kier alpha value is -2.10. The molecule has 1 amide bonds. The lowest BCUT2D eigenvalue weighted by atomic mass is 9.97. The van der Waals surface area contributed by atoms with Gasteiger partial charge in [-0.3, -0.25) is 4.79 Å². The fraction of sp³-hybridized carbons (Fsp3) is 0.722. The number of likely N-dealkylation sites (tertiary alicyclic amines) is 1. The number of anilines is 2. The number of primary amides is 1. The quantitative estimate of drug-likeness (QED) is 0.682. The highest BCUT2D eigenvalue weighted by molar-refractivity contribution is 5.76. The summed E-state index contributed by atoms with van der Waals surface area (Å²) in [7, 11) is 0. The number of nitrogens with two attached hydrogens (primary N) is 1. The third-order valence-corrected chi connectivity index (χ3v) is 5.26. The minimum absolute atomic E-state index is 0.110. The predicted octanol–water partition coefficient (Wildman–Crippen LogP) is 2.09. The van der Waals surface area contributed by atoms with Crippen LogP contribution in [0.5, 0.6) is 0 Å². The van der Waals surface area contributed by atoms with Crippen molar-refractivity contribution in [3.05, 3.63) is 11.8 Å². The van der Waals surface area contributed by atoms with Crippen molar-refractivity contribution in [2.24, 2.45) is 11.7 Å². The third kappa shape index (κ3) is 5.46. The average molecular weight is 400 g/mol. The van der Waals surface area contributed by atoms with E-state index in [9.17, 15) is 18.0 Å². The molecule has 0 radical (unpaired) electrons. The van der Waals surface area contributed by atoms with E-state index in [1.165, 1.54) is 0 Å². The number of aromatic nitrogens is 2. The van der Waals surface area contributed by atoms with Crippen LogP contribution in [0.2, 0.25) is 0 Å². The summed E-state index contributed by atoms with van der Waals surface area (Å²) in [6.07, 6.45) is -0.151. The maximum atomic E-state index is 13.2. The van der Waals surface area contributed by atoms with Gasteiger partial charge in [0, 0.05) is 32.2 Å². The van der Waals surface area contributed by atoms with Crippen LogP contribution < -0.4 is 16.0 Å². The molecule has 3 heterocycles. The van der Waals surface area contributed by atoms with E-state index in [4.69, 9.17) is 5.73 Å². The van der Waals surface area contributed by atoms with Crippen LogP contribution in [0.1, 0.15) is 37.8 Å². The highest BCUT2D eigenvalue weighted by atomic mass is 19.4. The van der Waals surface area contributed by atoms with Crippen molar-refractivity contribution < 1.29 is 18.0 Å². The second kappa shape index (κ2) is 8.93. The Balaban J connectivity index is 1.56. The van der Waals surface area contributed by atoms with Gasteiger partial charge in [-0.05, 0) is 45.2 Å². The van der Waals surface area contributed by atoms with E-state index in [1.807, 2.05) is 0 Å². The van der Waals surface area contributed by atoms with Crippen LogP contribution in [0.15, 0.2) is 6.07 Å². The van der Waals surface area contributed by atoms with Crippen LogP contribution in [0.3, 0.4) is 0 Å². The van der Waals surface area contributed by atoms with Crippen molar-refractivity contribution in [3.8, 4) is 0 Å². The van der Waals surface area contributed by atoms with E-state index in [0.717, 1.165) is 51.3 Å². The van der Waals surface area contributed by atoms with Gasteiger partial charge < -0.3 is 20.9 Å². The van der Waals surface area contributed by atoms with E-state index < -0.39 is 11.9 Å². The highest BCUT2D eigenvalue weighted by Gasteiger charge is 2.34. The molecule has 1 aromatic heterocycles. The lowest BCUT2D eigenvalue weighted by Gasteiger charge is -2.31. The van der Waals surface area contributed by atoms with Gasteiger partial charge >= 0.3 is 6.18 Å². The van der Waals surface area contributed by atoms with Crippen molar-refractivity contribution in [2.45, 2.75) is 38.3 Å². The Bertz CT molecular complexity index is 678. The van der Waals surface area contributed by atoms with Crippen molar-refractivity contribution in [1.82, 2.24) is 14.9 Å². The van der Waals surface area contributed by atoms with Crippen molar-refractivity contribution >= 4 is 17.7 Å². The normalized spacial score (nSPS) is 21.1. The molecule has 10 heteroatoms. The number of nitrogens with one attached hydrogen (secondary N) is 1. The van der Waals surface area contributed by atoms with Crippen LogP contribution in [0.4, 0.5) is 24.9 Å². The van der Waals surface area contributed by atoms with Crippen LogP contribution >= 0.6 is 0 Å². The zero-order valence-corrected chi connectivity index (χ0v) is 15.8. The summed E-state index contributed by atoms with van der Waals surface area (Å²) in [5.74, 6) is -0.0492. The van der Waals surface area contributed by atoms with Crippen LogP contribution in [-0.2, 0) is 11.0 Å². The predicted molar refractivity (Wildman–Crippen MR) is 99.9 cm³/mol. The number of hydrogen-bond donors (Lipinski definition) is 2. The number of nitrogens with zero attached hydrogens (tertiary/aromatic N) is 4. The molecule has 2 aliphatic heterocycles. The molecule has 0 saturated carbocycles. The Morgan fingerprint density at radius 2 is 1.96 bits per heavy atom. The third-order valence-electron chi connectivity index (χ3n) is 5.26. The average Bonchev–Trinajstić information content (AvgIpc) is 3.19. The fourth-order valence-corrected chi connectivity index (χ4v) is 3.74. The number of alkyl halides is 3. The van der Waals surface area contributed by atoms with Gasteiger partial charge in [0.25, 0.3) is 0 Å². The molecule has 3 N–H and O–H groups in total. The molecule has 2 saturated heterocycles. The number of rotatable bonds is 7. The summed E-state index contributed by atoms with van der Waals surface area (Å²) >= 11 is 0. The van der Waals surface area contributed by atoms with E-state index >= 15 is 0 Å². The lowest BCUT2D eigenvalue weighted by Crippen LogP contribution is -2.41. The van der Waals surface area contributed by atoms with Crippen molar-refractivity contribution in [2.75, 3.05) is 49.5 Å². The first-order chi connectivity index (χ1) is 13.3. The molecule has 0 spiro atoms.